The van der Waals surface area contributed by atoms with Crippen LogP contribution < -0.4 is 5.32 Å². The fraction of sp³-hybridized carbons (Fsp3) is 0.333. The van der Waals surface area contributed by atoms with Gasteiger partial charge in [0.05, 0.1) is 0 Å². The SMILES string of the molecule is C[C@@H]1NCc2c(F)cccc21. The molecule has 0 saturated heterocycles. The Balaban J connectivity index is 2.57. The van der Waals surface area contributed by atoms with Crippen molar-refractivity contribution >= 4 is 0 Å². The quantitative estimate of drug-likeness (QED) is 0.598. The van der Waals surface area contributed by atoms with Crippen LogP contribution in [0.4, 0.5) is 4.39 Å². The number of nitrogens with one attached hydrogen (secondary N) is 1. The van der Waals surface area contributed by atoms with Gasteiger partial charge in [0.15, 0.2) is 0 Å². The normalized spacial score (nSPS) is 21.8. The van der Waals surface area contributed by atoms with Crippen LogP contribution in [-0.4, -0.2) is 0 Å². The van der Waals surface area contributed by atoms with E-state index in [9.17, 15) is 4.39 Å². The van der Waals surface area contributed by atoms with Crippen LogP contribution in [0, 0.1) is 5.82 Å². The molecule has 1 heterocycles. The first kappa shape index (κ1) is 6.80. The van der Waals surface area contributed by atoms with Crippen LogP contribution in [0.25, 0.3) is 0 Å². The zero-order valence-corrected chi connectivity index (χ0v) is 6.39. The van der Waals surface area contributed by atoms with Crippen molar-refractivity contribution in [3.05, 3.63) is 35.1 Å². The molecule has 0 bridgehead atoms. The van der Waals surface area contributed by atoms with Crippen molar-refractivity contribution in [1.29, 1.82) is 0 Å². The second-order valence-electron chi connectivity index (χ2n) is 2.91. The van der Waals surface area contributed by atoms with Gasteiger partial charge in [-0.15, -0.1) is 0 Å². The van der Waals surface area contributed by atoms with Crippen LogP contribution in [0.15, 0.2) is 18.2 Å². The second kappa shape index (κ2) is 2.31. The predicted molar refractivity (Wildman–Crippen MR) is 41.7 cm³/mol. The van der Waals surface area contributed by atoms with Gasteiger partial charge < -0.3 is 5.32 Å². The second-order valence-corrected chi connectivity index (χ2v) is 2.91. The Hall–Kier alpha value is -0.890. The molecule has 1 N–H and O–H groups in total. The van der Waals surface area contributed by atoms with Gasteiger partial charge in [0, 0.05) is 18.2 Å². The summed E-state index contributed by atoms with van der Waals surface area (Å²) in [6.45, 7) is 2.72. The summed E-state index contributed by atoms with van der Waals surface area (Å²) in [6, 6.07) is 5.56. The molecule has 0 amide bonds. The standard InChI is InChI=1S/C9H10FN/c1-6-7-3-2-4-9(10)8(7)5-11-6/h2-4,6,11H,5H2,1H3/t6-/m0/s1. The van der Waals surface area contributed by atoms with Gasteiger partial charge in [-0.25, -0.2) is 4.39 Å². The van der Waals surface area contributed by atoms with Crippen LogP contribution in [-0.2, 0) is 6.54 Å². The Morgan fingerprint density at radius 3 is 3.09 bits per heavy atom. The summed E-state index contributed by atoms with van der Waals surface area (Å²) < 4.78 is 13.0. The molecule has 0 aliphatic carbocycles. The Morgan fingerprint density at radius 1 is 1.55 bits per heavy atom. The van der Waals surface area contributed by atoms with Crippen LogP contribution in [0.5, 0.6) is 0 Å². The van der Waals surface area contributed by atoms with Crippen LogP contribution >= 0.6 is 0 Å². The van der Waals surface area contributed by atoms with Gasteiger partial charge in [-0.1, -0.05) is 12.1 Å². The van der Waals surface area contributed by atoms with E-state index in [1.807, 2.05) is 13.0 Å². The molecule has 0 saturated carbocycles. The zero-order chi connectivity index (χ0) is 7.84. The van der Waals surface area contributed by atoms with Gasteiger partial charge in [0.1, 0.15) is 5.82 Å². The summed E-state index contributed by atoms with van der Waals surface area (Å²) in [7, 11) is 0. The minimum absolute atomic E-state index is 0.0839. The summed E-state index contributed by atoms with van der Waals surface area (Å²) in [5.41, 5.74) is 1.94. The number of fused-ring (bicyclic) bond motifs is 1. The number of hydrogen-bond acceptors (Lipinski definition) is 1. The van der Waals surface area contributed by atoms with Crippen LogP contribution in [0.3, 0.4) is 0 Å². The average molecular weight is 151 g/mol. The molecular weight excluding hydrogens is 141 g/mol. The molecule has 1 aromatic rings. The van der Waals surface area contributed by atoms with Crippen molar-refractivity contribution in [2.45, 2.75) is 19.5 Å². The smallest absolute Gasteiger partial charge is 0.128 e. The van der Waals surface area contributed by atoms with Crippen molar-refractivity contribution < 1.29 is 4.39 Å². The maximum absolute atomic E-state index is 13.0. The highest BCUT2D eigenvalue weighted by molar-refractivity contribution is 5.34. The van der Waals surface area contributed by atoms with Crippen LogP contribution in [0.2, 0.25) is 0 Å². The monoisotopic (exact) mass is 151 g/mol. The molecule has 0 unspecified atom stereocenters. The molecule has 0 radical (unpaired) electrons. The number of rotatable bonds is 0. The molecule has 1 aromatic carbocycles. The molecule has 0 fully saturated rings. The first-order chi connectivity index (χ1) is 5.29. The van der Waals surface area contributed by atoms with E-state index in [1.54, 1.807) is 6.07 Å². The third-order valence-corrected chi connectivity index (χ3v) is 2.21. The van der Waals surface area contributed by atoms with Crippen molar-refractivity contribution in [2.24, 2.45) is 0 Å². The number of benzene rings is 1. The lowest BCUT2D eigenvalue weighted by Crippen LogP contribution is -2.06. The third kappa shape index (κ3) is 0.942. The lowest BCUT2D eigenvalue weighted by molar-refractivity contribution is 0.600. The minimum Gasteiger partial charge on any atom is -0.306 e. The zero-order valence-electron chi connectivity index (χ0n) is 6.39. The molecule has 0 spiro atoms. The summed E-state index contributed by atoms with van der Waals surface area (Å²) in [6.07, 6.45) is 0. The molecule has 1 atom stereocenters. The van der Waals surface area contributed by atoms with E-state index in [-0.39, 0.29) is 5.82 Å². The molecule has 1 nitrogen and oxygen atoms in total. The fourth-order valence-corrected chi connectivity index (χ4v) is 1.53. The molecule has 2 rings (SSSR count). The molecule has 0 aromatic heterocycles. The Labute approximate surface area is 65.2 Å². The number of halogens is 1. The van der Waals surface area contributed by atoms with E-state index in [1.165, 1.54) is 6.07 Å². The third-order valence-electron chi connectivity index (χ3n) is 2.21. The average Bonchev–Trinajstić information content (AvgIpc) is 2.35. The highest BCUT2D eigenvalue weighted by Gasteiger charge is 2.19. The van der Waals surface area contributed by atoms with Crippen LogP contribution in [0.1, 0.15) is 24.1 Å². The highest BCUT2D eigenvalue weighted by Crippen LogP contribution is 2.26. The molecule has 1 aliphatic rings. The van der Waals surface area contributed by atoms with Crippen molar-refractivity contribution in [1.82, 2.24) is 5.32 Å². The van der Waals surface area contributed by atoms with E-state index in [0.717, 1.165) is 11.1 Å². The predicted octanol–water partition coefficient (Wildman–Crippen LogP) is 1.99. The maximum atomic E-state index is 13.0. The molecule has 2 heteroatoms. The largest absolute Gasteiger partial charge is 0.306 e. The minimum atomic E-state index is -0.0839. The molecular formula is C9H10FN. The van der Waals surface area contributed by atoms with E-state index in [4.69, 9.17) is 0 Å². The van der Waals surface area contributed by atoms with E-state index < -0.39 is 0 Å². The first-order valence-corrected chi connectivity index (χ1v) is 3.79. The summed E-state index contributed by atoms with van der Waals surface area (Å²) in [5.74, 6) is -0.0839. The fourth-order valence-electron chi connectivity index (χ4n) is 1.53. The Bertz CT molecular complexity index is 283. The molecule has 58 valence electrons. The van der Waals surface area contributed by atoms with E-state index in [2.05, 4.69) is 5.32 Å². The van der Waals surface area contributed by atoms with Crippen molar-refractivity contribution in [3.63, 3.8) is 0 Å². The van der Waals surface area contributed by atoms with E-state index in [0.29, 0.717) is 12.6 Å². The maximum Gasteiger partial charge on any atom is 0.128 e. The topological polar surface area (TPSA) is 12.0 Å². The van der Waals surface area contributed by atoms with Gasteiger partial charge >= 0.3 is 0 Å². The molecule has 11 heavy (non-hydrogen) atoms. The van der Waals surface area contributed by atoms with Gasteiger partial charge in [-0.2, -0.15) is 0 Å². The lowest BCUT2D eigenvalue weighted by atomic mass is 10.1. The van der Waals surface area contributed by atoms with Gasteiger partial charge in [-0.05, 0) is 18.6 Å². The van der Waals surface area contributed by atoms with E-state index >= 15 is 0 Å². The van der Waals surface area contributed by atoms with Gasteiger partial charge in [0.25, 0.3) is 0 Å². The number of hydrogen-bond donors (Lipinski definition) is 1. The van der Waals surface area contributed by atoms with Crippen molar-refractivity contribution in [3.8, 4) is 0 Å². The Morgan fingerprint density at radius 2 is 2.36 bits per heavy atom. The Kier molecular flexibility index (Phi) is 1.43. The first-order valence-electron chi connectivity index (χ1n) is 3.79. The molecule has 1 aliphatic heterocycles. The van der Waals surface area contributed by atoms with Crippen molar-refractivity contribution in [2.75, 3.05) is 0 Å². The summed E-state index contributed by atoms with van der Waals surface area (Å²) >= 11 is 0. The highest BCUT2D eigenvalue weighted by atomic mass is 19.1. The summed E-state index contributed by atoms with van der Waals surface area (Å²) in [4.78, 5) is 0. The summed E-state index contributed by atoms with van der Waals surface area (Å²) in [5, 5.41) is 3.19. The lowest BCUT2D eigenvalue weighted by Gasteiger charge is -2.02. The van der Waals surface area contributed by atoms with Gasteiger partial charge in [0.2, 0.25) is 0 Å². The van der Waals surface area contributed by atoms with Gasteiger partial charge in [-0.3, -0.25) is 0 Å².